The van der Waals surface area contributed by atoms with Gasteiger partial charge in [-0.25, -0.2) is 4.39 Å². The summed E-state index contributed by atoms with van der Waals surface area (Å²) in [6, 6.07) is 14.5. The van der Waals surface area contributed by atoms with Gasteiger partial charge in [0.25, 0.3) is 0 Å². The molecule has 3 aromatic rings. The lowest BCUT2D eigenvalue weighted by Gasteiger charge is -2.02. The highest BCUT2D eigenvalue weighted by Gasteiger charge is 2.07. The SMILES string of the molecule is CNCc1cccc(-c2cc3cc(F)ccc3o2)c1. The zero-order valence-electron chi connectivity index (χ0n) is 10.6. The van der Waals surface area contributed by atoms with Crippen LogP contribution in [0.3, 0.4) is 0 Å². The average Bonchev–Trinajstić information content (AvgIpc) is 2.82. The second-order valence-corrected chi connectivity index (χ2v) is 4.52. The highest BCUT2D eigenvalue weighted by atomic mass is 19.1. The third kappa shape index (κ3) is 2.37. The summed E-state index contributed by atoms with van der Waals surface area (Å²) in [6.45, 7) is 0.808. The Bertz CT molecular complexity index is 718. The lowest BCUT2D eigenvalue weighted by atomic mass is 10.1. The molecule has 1 aromatic heterocycles. The molecule has 0 aliphatic carbocycles. The van der Waals surface area contributed by atoms with Crippen LogP contribution in [0.15, 0.2) is 52.9 Å². The second kappa shape index (κ2) is 4.86. The van der Waals surface area contributed by atoms with Crippen molar-refractivity contribution in [3.63, 3.8) is 0 Å². The minimum atomic E-state index is -0.246. The van der Waals surface area contributed by atoms with Gasteiger partial charge in [-0.2, -0.15) is 0 Å². The second-order valence-electron chi connectivity index (χ2n) is 4.52. The predicted molar refractivity (Wildman–Crippen MR) is 74.4 cm³/mol. The van der Waals surface area contributed by atoms with Gasteiger partial charge < -0.3 is 9.73 Å². The molecule has 0 saturated heterocycles. The number of fused-ring (bicyclic) bond motifs is 1. The standard InChI is InChI=1S/C16H14FNO/c1-18-10-11-3-2-4-12(7-11)16-9-13-8-14(17)5-6-15(13)19-16/h2-9,18H,10H2,1H3. The summed E-state index contributed by atoms with van der Waals surface area (Å²) in [5, 5.41) is 3.90. The monoisotopic (exact) mass is 255 g/mol. The van der Waals surface area contributed by atoms with Crippen molar-refractivity contribution in [2.75, 3.05) is 7.05 Å². The van der Waals surface area contributed by atoms with Gasteiger partial charge in [0, 0.05) is 17.5 Å². The van der Waals surface area contributed by atoms with E-state index in [4.69, 9.17) is 4.42 Å². The van der Waals surface area contributed by atoms with Gasteiger partial charge >= 0.3 is 0 Å². The van der Waals surface area contributed by atoms with E-state index in [1.54, 1.807) is 6.07 Å². The Morgan fingerprint density at radius 2 is 2.00 bits per heavy atom. The summed E-state index contributed by atoms with van der Waals surface area (Å²) < 4.78 is 18.9. The Hall–Kier alpha value is -2.13. The van der Waals surface area contributed by atoms with Crippen LogP contribution in [-0.2, 0) is 6.54 Å². The maximum Gasteiger partial charge on any atom is 0.135 e. The van der Waals surface area contributed by atoms with Gasteiger partial charge in [0.05, 0.1) is 0 Å². The van der Waals surface area contributed by atoms with Crippen LogP contribution in [0.5, 0.6) is 0 Å². The first-order valence-corrected chi connectivity index (χ1v) is 6.19. The van der Waals surface area contributed by atoms with Gasteiger partial charge in [-0.15, -0.1) is 0 Å². The van der Waals surface area contributed by atoms with Crippen molar-refractivity contribution in [2.45, 2.75) is 6.54 Å². The van der Waals surface area contributed by atoms with E-state index in [1.807, 2.05) is 25.2 Å². The lowest BCUT2D eigenvalue weighted by molar-refractivity contribution is 0.619. The van der Waals surface area contributed by atoms with E-state index in [1.165, 1.54) is 17.7 Å². The molecular weight excluding hydrogens is 241 g/mol. The van der Waals surface area contributed by atoms with Gasteiger partial charge in [-0.1, -0.05) is 18.2 Å². The summed E-state index contributed by atoms with van der Waals surface area (Å²) in [5.41, 5.74) is 2.89. The summed E-state index contributed by atoms with van der Waals surface area (Å²) in [4.78, 5) is 0. The molecule has 2 aromatic carbocycles. The van der Waals surface area contributed by atoms with Crippen LogP contribution in [0.25, 0.3) is 22.3 Å². The fraction of sp³-hybridized carbons (Fsp3) is 0.125. The zero-order chi connectivity index (χ0) is 13.2. The fourth-order valence-electron chi connectivity index (χ4n) is 2.20. The molecule has 0 amide bonds. The molecule has 0 bridgehead atoms. The molecule has 96 valence electrons. The Kier molecular flexibility index (Phi) is 3.05. The number of rotatable bonds is 3. The van der Waals surface area contributed by atoms with E-state index in [9.17, 15) is 4.39 Å². The summed E-state index contributed by atoms with van der Waals surface area (Å²) in [5.74, 6) is 0.516. The average molecular weight is 255 g/mol. The number of nitrogens with one attached hydrogen (secondary N) is 1. The quantitative estimate of drug-likeness (QED) is 0.766. The third-order valence-corrected chi connectivity index (χ3v) is 3.07. The van der Waals surface area contributed by atoms with Gasteiger partial charge in [-0.05, 0) is 42.9 Å². The van der Waals surface area contributed by atoms with Crippen LogP contribution in [0, 0.1) is 5.82 Å². The first-order chi connectivity index (χ1) is 9.26. The highest BCUT2D eigenvalue weighted by molar-refractivity contribution is 5.82. The molecular formula is C16H14FNO. The molecule has 0 aliphatic heterocycles. The maximum atomic E-state index is 13.2. The summed E-state index contributed by atoms with van der Waals surface area (Å²) in [7, 11) is 1.91. The summed E-state index contributed by atoms with van der Waals surface area (Å²) >= 11 is 0. The van der Waals surface area contributed by atoms with Crippen LogP contribution < -0.4 is 5.32 Å². The molecule has 3 heteroatoms. The van der Waals surface area contributed by atoms with Crippen LogP contribution in [0.4, 0.5) is 4.39 Å². The van der Waals surface area contributed by atoms with Crippen LogP contribution in [0.2, 0.25) is 0 Å². The van der Waals surface area contributed by atoms with Crippen molar-refractivity contribution >= 4 is 11.0 Å². The molecule has 0 unspecified atom stereocenters. The molecule has 19 heavy (non-hydrogen) atoms. The molecule has 0 spiro atoms. The minimum Gasteiger partial charge on any atom is -0.456 e. The largest absolute Gasteiger partial charge is 0.456 e. The Balaban J connectivity index is 2.05. The highest BCUT2D eigenvalue weighted by Crippen LogP contribution is 2.28. The lowest BCUT2D eigenvalue weighted by Crippen LogP contribution is -2.04. The van der Waals surface area contributed by atoms with Crippen LogP contribution in [0.1, 0.15) is 5.56 Å². The van der Waals surface area contributed by atoms with Gasteiger partial charge in [0.15, 0.2) is 0 Å². The number of hydrogen-bond donors (Lipinski definition) is 1. The van der Waals surface area contributed by atoms with Crippen LogP contribution >= 0.6 is 0 Å². The molecule has 1 N–H and O–H groups in total. The topological polar surface area (TPSA) is 25.2 Å². The normalized spacial score (nSPS) is 11.1. The van der Waals surface area contributed by atoms with Gasteiger partial charge in [0.2, 0.25) is 0 Å². The fourth-order valence-corrected chi connectivity index (χ4v) is 2.20. The first kappa shape index (κ1) is 11.9. The van der Waals surface area contributed by atoms with Crippen molar-refractivity contribution in [1.29, 1.82) is 0 Å². The number of hydrogen-bond acceptors (Lipinski definition) is 2. The van der Waals surface area contributed by atoms with Crippen molar-refractivity contribution in [2.24, 2.45) is 0 Å². The molecule has 2 nitrogen and oxygen atoms in total. The molecule has 1 heterocycles. The first-order valence-electron chi connectivity index (χ1n) is 6.19. The van der Waals surface area contributed by atoms with E-state index in [0.29, 0.717) is 5.58 Å². The number of furan rings is 1. The predicted octanol–water partition coefficient (Wildman–Crippen LogP) is 3.96. The molecule has 0 radical (unpaired) electrons. The molecule has 3 rings (SSSR count). The van der Waals surface area contributed by atoms with E-state index in [2.05, 4.69) is 17.4 Å². The molecule has 0 atom stereocenters. The molecule has 0 aliphatic rings. The van der Waals surface area contributed by atoms with E-state index in [-0.39, 0.29) is 5.82 Å². The number of halogens is 1. The van der Waals surface area contributed by atoms with E-state index >= 15 is 0 Å². The van der Waals surface area contributed by atoms with Crippen molar-refractivity contribution in [3.8, 4) is 11.3 Å². The Morgan fingerprint density at radius 1 is 1.11 bits per heavy atom. The third-order valence-electron chi connectivity index (χ3n) is 3.07. The van der Waals surface area contributed by atoms with Crippen molar-refractivity contribution in [3.05, 3.63) is 59.9 Å². The summed E-state index contributed by atoms with van der Waals surface area (Å²) in [6.07, 6.45) is 0. The number of benzene rings is 2. The molecule has 0 saturated carbocycles. The van der Waals surface area contributed by atoms with E-state index < -0.39 is 0 Å². The Labute approximate surface area is 110 Å². The van der Waals surface area contributed by atoms with Gasteiger partial charge in [-0.3, -0.25) is 0 Å². The van der Waals surface area contributed by atoms with Crippen LogP contribution in [-0.4, -0.2) is 7.05 Å². The smallest absolute Gasteiger partial charge is 0.135 e. The van der Waals surface area contributed by atoms with Gasteiger partial charge in [0.1, 0.15) is 17.2 Å². The Morgan fingerprint density at radius 3 is 2.84 bits per heavy atom. The van der Waals surface area contributed by atoms with Crippen molar-refractivity contribution < 1.29 is 8.81 Å². The maximum absolute atomic E-state index is 13.2. The van der Waals surface area contributed by atoms with Crippen molar-refractivity contribution in [1.82, 2.24) is 5.32 Å². The minimum absolute atomic E-state index is 0.246. The zero-order valence-corrected chi connectivity index (χ0v) is 10.6. The van der Waals surface area contributed by atoms with E-state index in [0.717, 1.165) is 23.3 Å². The molecule has 0 fully saturated rings.